The second-order valence-corrected chi connectivity index (χ2v) is 7.64. The third kappa shape index (κ3) is 3.45. The van der Waals surface area contributed by atoms with Crippen molar-refractivity contribution in [1.82, 2.24) is 0 Å². The maximum Gasteiger partial charge on any atom is 0.180 e. The summed E-state index contributed by atoms with van der Waals surface area (Å²) in [6, 6.07) is 14.4. The molecule has 0 aliphatic carbocycles. The Hall–Kier alpha value is -1.81. The molecule has 0 heterocycles. The van der Waals surface area contributed by atoms with Gasteiger partial charge in [0.1, 0.15) is 11.5 Å². The van der Waals surface area contributed by atoms with Gasteiger partial charge in [-0.2, -0.15) is 0 Å². The number of aryl methyl sites for hydroxylation is 1. The van der Waals surface area contributed by atoms with E-state index in [4.69, 9.17) is 4.74 Å². The van der Waals surface area contributed by atoms with Gasteiger partial charge in [0, 0.05) is 0 Å². The summed E-state index contributed by atoms with van der Waals surface area (Å²) in [6.45, 7) is 5.41. The van der Waals surface area contributed by atoms with Crippen LogP contribution in [0.15, 0.2) is 53.4 Å². The first-order valence-electron chi connectivity index (χ1n) is 7.05. The Kier molecular flexibility index (Phi) is 4.68. The second kappa shape index (κ2) is 6.31. The third-order valence-electron chi connectivity index (χ3n) is 3.34. The van der Waals surface area contributed by atoms with E-state index in [1.165, 1.54) is 0 Å². The SMILES string of the molecule is CCc1ccccc1Oc1cccc(S(=O)(=O)C(C)C)c1. The lowest BCUT2D eigenvalue weighted by Gasteiger charge is -2.12. The fourth-order valence-corrected chi connectivity index (χ4v) is 3.10. The van der Waals surface area contributed by atoms with Crippen LogP contribution in [0.3, 0.4) is 0 Å². The average Bonchev–Trinajstić information content (AvgIpc) is 2.48. The van der Waals surface area contributed by atoms with Gasteiger partial charge in [0.15, 0.2) is 9.84 Å². The lowest BCUT2D eigenvalue weighted by Crippen LogP contribution is -2.13. The first-order valence-corrected chi connectivity index (χ1v) is 8.59. The van der Waals surface area contributed by atoms with E-state index in [9.17, 15) is 8.42 Å². The lowest BCUT2D eigenvalue weighted by molar-refractivity contribution is 0.475. The van der Waals surface area contributed by atoms with E-state index in [2.05, 4.69) is 6.92 Å². The highest BCUT2D eigenvalue weighted by atomic mass is 32.2. The standard InChI is InChI=1S/C17H20O3S/c1-4-14-8-5-6-11-17(14)20-15-9-7-10-16(12-15)21(18,19)13(2)3/h5-13H,4H2,1-3H3. The molecule has 0 bridgehead atoms. The summed E-state index contributed by atoms with van der Waals surface area (Å²) in [5.74, 6) is 1.30. The number of para-hydroxylation sites is 1. The minimum atomic E-state index is -3.29. The molecule has 0 aliphatic heterocycles. The Morgan fingerprint density at radius 2 is 1.76 bits per heavy atom. The van der Waals surface area contributed by atoms with Gasteiger partial charge in [-0.05, 0) is 50.1 Å². The van der Waals surface area contributed by atoms with Crippen molar-refractivity contribution in [2.45, 2.75) is 37.3 Å². The predicted octanol–water partition coefficient (Wildman–Crippen LogP) is 4.22. The minimum absolute atomic E-state index is 0.295. The number of ether oxygens (including phenoxy) is 1. The fraction of sp³-hybridized carbons (Fsp3) is 0.294. The van der Waals surface area contributed by atoms with Gasteiger partial charge in [-0.25, -0.2) is 8.42 Å². The normalized spacial score (nSPS) is 11.6. The fourth-order valence-electron chi connectivity index (χ4n) is 2.01. The zero-order valence-corrected chi connectivity index (χ0v) is 13.4. The summed E-state index contributed by atoms with van der Waals surface area (Å²) in [6.07, 6.45) is 0.861. The zero-order valence-electron chi connectivity index (χ0n) is 12.5. The van der Waals surface area contributed by atoms with E-state index >= 15 is 0 Å². The van der Waals surface area contributed by atoms with Gasteiger partial charge in [0.25, 0.3) is 0 Å². The summed E-state index contributed by atoms with van der Waals surface area (Å²) in [5.41, 5.74) is 1.09. The molecule has 0 saturated carbocycles. The molecule has 0 saturated heterocycles. The van der Waals surface area contributed by atoms with Crippen LogP contribution in [0.1, 0.15) is 26.3 Å². The Morgan fingerprint density at radius 3 is 2.43 bits per heavy atom. The molecular formula is C17H20O3S. The Morgan fingerprint density at radius 1 is 1.05 bits per heavy atom. The Balaban J connectivity index is 2.35. The number of rotatable bonds is 5. The smallest absolute Gasteiger partial charge is 0.180 e. The van der Waals surface area contributed by atoms with Crippen molar-refractivity contribution in [1.29, 1.82) is 0 Å². The molecule has 4 heteroatoms. The molecule has 21 heavy (non-hydrogen) atoms. The van der Waals surface area contributed by atoms with Crippen LogP contribution in [0.5, 0.6) is 11.5 Å². The summed E-state index contributed by atoms with van der Waals surface area (Å²) >= 11 is 0. The summed E-state index contributed by atoms with van der Waals surface area (Å²) in [4.78, 5) is 0.295. The number of hydrogen-bond acceptors (Lipinski definition) is 3. The van der Waals surface area contributed by atoms with Gasteiger partial charge in [-0.3, -0.25) is 0 Å². The minimum Gasteiger partial charge on any atom is -0.457 e. The van der Waals surface area contributed by atoms with Crippen LogP contribution in [0.25, 0.3) is 0 Å². The van der Waals surface area contributed by atoms with Gasteiger partial charge >= 0.3 is 0 Å². The largest absolute Gasteiger partial charge is 0.457 e. The molecule has 2 aromatic carbocycles. The van der Waals surface area contributed by atoms with E-state index in [-0.39, 0.29) is 0 Å². The van der Waals surface area contributed by atoms with Crippen LogP contribution in [-0.2, 0) is 16.3 Å². The van der Waals surface area contributed by atoms with E-state index in [1.54, 1.807) is 38.1 Å². The van der Waals surface area contributed by atoms with Crippen LogP contribution in [-0.4, -0.2) is 13.7 Å². The van der Waals surface area contributed by atoms with Crippen LogP contribution in [0, 0.1) is 0 Å². The molecule has 112 valence electrons. The van der Waals surface area contributed by atoms with Gasteiger partial charge in [0.05, 0.1) is 10.1 Å². The first-order chi connectivity index (χ1) is 9.95. The van der Waals surface area contributed by atoms with Gasteiger partial charge < -0.3 is 4.74 Å². The molecule has 0 fully saturated rings. The van der Waals surface area contributed by atoms with Crippen molar-refractivity contribution < 1.29 is 13.2 Å². The summed E-state index contributed by atoms with van der Waals surface area (Å²) < 4.78 is 30.3. The second-order valence-electron chi connectivity index (χ2n) is 5.13. The van der Waals surface area contributed by atoms with Crippen molar-refractivity contribution in [2.24, 2.45) is 0 Å². The maximum absolute atomic E-state index is 12.2. The topological polar surface area (TPSA) is 43.4 Å². The van der Waals surface area contributed by atoms with E-state index in [1.807, 2.05) is 24.3 Å². The van der Waals surface area contributed by atoms with Crippen LogP contribution in [0.4, 0.5) is 0 Å². The number of sulfone groups is 1. The molecule has 0 spiro atoms. The molecule has 3 nitrogen and oxygen atoms in total. The summed E-state index contributed by atoms with van der Waals surface area (Å²) in [5, 5.41) is -0.448. The zero-order chi connectivity index (χ0) is 15.5. The first kappa shape index (κ1) is 15.6. The molecule has 2 aromatic rings. The van der Waals surface area contributed by atoms with Crippen molar-refractivity contribution >= 4 is 9.84 Å². The van der Waals surface area contributed by atoms with Crippen LogP contribution < -0.4 is 4.74 Å². The molecule has 0 amide bonds. The van der Waals surface area contributed by atoms with Crippen LogP contribution in [0.2, 0.25) is 0 Å². The third-order valence-corrected chi connectivity index (χ3v) is 5.49. The van der Waals surface area contributed by atoms with E-state index < -0.39 is 15.1 Å². The summed E-state index contributed by atoms with van der Waals surface area (Å²) in [7, 11) is -3.29. The van der Waals surface area contributed by atoms with Crippen molar-refractivity contribution in [3.8, 4) is 11.5 Å². The van der Waals surface area contributed by atoms with Gasteiger partial charge in [0.2, 0.25) is 0 Å². The molecular weight excluding hydrogens is 284 g/mol. The molecule has 0 atom stereocenters. The van der Waals surface area contributed by atoms with Crippen molar-refractivity contribution in [2.75, 3.05) is 0 Å². The van der Waals surface area contributed by atoms with Crippen molar-refractivity contribution in [3.05, 3.63) is 54.1 Å². The quantitative estimate of drug-likeness (QED) is 0.830. The van der Waals surface area contributed by atoms with E-state index in [0.717, 1.165) is 17.7 Å². The molecule has 0 unspecified atom stereocenters. The van der Waals surface area contributed by atoms with Crippen LogP contribution >= 0.6 is 0 Å². The molecule has 0 aromatic heterocycles. The monoisotopic (exact) mass is 304 g/mol. The molecule has 0 radical (unpaired) electrons. The van der Waals surface area contributed by atoms with Crippen molar-refractivity contribution in [3.63, 3.8) is 0 Å². The lowest BCUT2D eigenvalue weighted by atomic mass is 10.1. The molecule has 0 aliphatic rings. The number of hydrogen-bond donors (Lipinski definition) is 0. The highest BCUT2D eigenvalue weighted by Crippen LogP contribution is 2.28. The highest BCUT2D eigenvalue weighted by Gasteiger charge is 2.19. The number of benzene rings is 2. The maximum atomic E-state index is 12.2. The van der Waals surface area contributed by atoms with E-state index in [0.29, 0.717) is 10.6 Å². The molecule has 0 N–H and O–H groups in total. The van der Waals surface area contributed by atoms with Gasteiger partial charge in [-0.1, -0.05) is 31.2 Å². The average molecular weight is 304 g/mol. The Labute approximate surface area is 126 Å². The Bertz CT molecular complexity index is 718. The molecule has 2 rings (SSSR count). The highest BCUT2D eigenvalue weighted by molar-refractivity contribution is 7.92. The van der Waals surface area contributed by atoms with Gasteiger partial charge in [-0.15, -0.1) is 0 Å². The predicted molar refractivity (Wildman–Crippen MR) is 84.7 cm³/mol.